The number of phenolic OH excluding ortho intramolecular Hbond substituents is 1. The molecule has 0 aromatic heterocycles. The summed E-state index contributed by atoms with van der Waals surface area (Å²) in [5, 5.41) is 20.8. The summed E-state index contributed by atoms with van der Waals surface area (Å²) in [5.74, 6) is -0.930. The molecule has 148 valence electrons. The van der Waals surface area contributed by atoms with Crippen molar-refractivity contribution in [2.75, 3.05) is 13.1 Å². The van der Waals surface area contributed by atoms with Crippen LogP contribution in [-0.2, 0) is 20.8 Å². The van der Waals surface area contributed by atoms with E-state index < -0.39 is 0 Å². The van der Waals surface area contributed by atoms with Crippen molar-refractivity contribution in [3.05, 3.63) is 66.2 Å². The van der Waals surface area contributed by atoms with E-state index in [1.54, 1.807) is 24.3 Å². The number of phenols is 1. The number of benzene rings is 2. The fourth-order valence-electron chi connectivity index (χ4n) is 2.72. The Balaban J connectivity index is 1.49. The van der Waals surface area contributed by atoms with E-state index in [0.717, 1.165) is 10.5 Å². The first-order valence-corrected chi connectivity index (χ1v) is 9.12. The molecule has 0 spiro atoms. The zero-order valence-electron chi connectivity index (χ0n) is 15.6. The molecule has 2 aromatic rings. The van der Waals surface area contributed by atoms with Crippen LogP contribution in [-0.4, -0.2) is 40.8 Å². The highest BCUT2D eigenvalue weighted by Crippen LogP contribution is 2.29. The van der Waals surface area contributed by atoms with Crippen molar-refractivity contribution in [2.24, 2.45) is 10.2 Å². The molecule has 2 N–H and O–H groups in total. The van der Waals surface area contributed by atoms with Gasteiger partial charge in [0.25, 0.3) is 11.8 Å². The second-order valence-corrected chi connectivity index (χ2v) is 6.37. The van der Waals surface area contributed by atoms with Gasteiger partial charge in [-0.25, -0.2) is 0 Å². The van der Waals surface area contributed by atoms with Gasteiger partial charge in [0.1, 0.15) is 11.4 Å². The van der Waals surface area contributed by atoms with E-state index in [-0.39, 0.29) is 43.0 Å². The Bertz CT molecular complexity index is 952. The Morgan fingerprint density at radius 2 is 1.72 bits per heavy atom. The minimum atomic E-state index is -0.370. The third kappa shape index (κ3) is 5.58. The number of aryl methyl sites for hydroxylation is 1. The van der Waals surface area contributed by atoms with Crippen LogP contribution in [0.5, 0.6) is 5.75 Å². The lowest BCUT2D eigenvalue weighted by Gasteiger charge is -2.14. The quantitative estimate of drug-likeness (QED) is 0.531. The van der Waals surface area contributed by atoms with E-state index >= 15 is 0 Å². The van der Waals surface area contributed by atoms with Crippen molar-refractivity contribution in [3.63, 3.8) is 0 Å². The van der Waals surface area contributed by atoms with E-state index in [4.69, 9.17) is 0 Å². The van der Waals surface area contributed by atoms with Gasteiger partial charge in [-0.2, -0.15) is 5.11 Å². The van der Waals surface area contributed by atoms with Crippen molar-refractivity contribution < 1.29 is 19.5 Å². The minimum Gasteiger partial charge on any atom is -0.506 e. The third-order valence-corrected chi connectivity index (χ3v) is 4.27. The molecule has 0 aliphatic carbocycles. The van der Waals surface area contributed by atoms with E-state index in [1.807, 2.05) is 18.2 Å². The first-order valence-electron chi connectivity index (χ1n) is 9.12. The predicted molar refractivity (Wildman–Crippen MR) is 106 cm³/mol. The minimum absolute atomic E-state index is 0.00596. The van der Waals surface area contributed by atoms with Crippen LogP contribution in [0.2, 0.25) is 0 Å². The van der Waals surface area contributed by atoms with Gasteiger partial charge in [0.05, 0.1) is 5.69 Å². The van der Waals surface area contributed by atoms with Crippen LogP contribution in [0.25, 0.3) is 0 Å². The highest BCUT2D eigenvalue weighted by Gasteiger charge is 2.22. The molecule has 3 rings (SSSR count). The fraction of sp³-hybridized carbons (Fsp3) is 0.190. The molecule has 3 amide bonds. The molecule has 1 heterocycles. The van der Waals surface area contributed by atoms with Crippen molar-refractivity contribution >= 4 is 29.1 Å². The number of amides is 3. The van der Waals surface area contributed by atoms with Gasteiger partial charge in [0.2, 0.25) is 5.91 Å². The summed E-state index contributed by atoms with van der Waals surface area (Å²) in [6, 6.07) is 14.1. The van der Waals surface area contributed by atoms with Crippen LogP contribution in [0.3, 0.4) is 0 Å². The molecule has 0 fully saturated rings. The van der Waals surface area contributed by atoms with Crippen LogP contribution in [0.4, 0.5) is 11.4 Å². The molecule has 1 aliphatic heterocycles. The Hall–Kier alpha value is -3.81. The highest BCUT2D eigenvalue weighted by atomic mass is 16.3. The van der Waals surface area contributed by atoms with Gasteiger partial charge in [0, 0.05) is 31.7 Å². The number of carbonyl (C=O) groups is 3. The van der Waals surface area contributed by atoms with Crippen LogP contribution < -0.4 is 5.32 Å². The smallest absolute Gasteiger partial charge is 0.253 e. The van der Waals surface area contributed by atoms with Gasteiger partial charge < -0.3 is 10.4 Å². The van der Waals surface area contributed by atoms with Crippen molar-refractivity contribution in [3.8, 4) is 5.75 Å². The van der Waals surface area contributed by atoms with Gasteiger partial charge in [-0.1, -0.05) is 24.3 Å². The number of carbonyl (C=O) groups excluding carboxylic acids is 3. The van der Waals surface area contributed by atoms with Gasteiger partial charge in [0.15, 0.2) is 0 Å². The Morgan fingerprint density at radius 1 is 1.00 bits per heavy atom. The first kappa shape index (κ1) is 19.9. The van der Waals surface area contributed by atoms with E-state index in [9.17, 15) is 19.5 Å². The summed E-state index contributed by atoms with van der Waals surface area (Å²) in [7, 11) is 0. The van der Waals surface area contributed by atoms with Gasteiger partial charge >= 0.3 is 0 Å². The summed E-state index contributed by atoms with van der Waals surface area (Å²) in [6.45, 7) is 0.337. The second-order valence-electron chi connectivity index (χ2n) is 6.37. The van der Waals surface area contributed by atoms with Crippen LogP contribution in [0.15, 0.2) is 70.9 Å². The fourth-order valence-corrected chi connectivity index (χ4v) is 2.72. The largest absolute Gasteiger partial charge is 0.506 e. The topological polar surface area (TPSA) is 111 Å². The summed E-state index contributed by atoms with van der Waals surface area (Å²) < 4.78 is 0. The van der Waals surface area contributed by atoms with E-state index in [0.29, 0.717) is 17.8 Å². The highest BCUT2D eigenvalue weighted by molar-refractivity contribution is 6.12. The monoisotopic (exact) mass is 392 g/mol. The van der Waals surface area contributed by atoms with E-state index in [1.165, 1.54) is 18.2 Å². The van der Waals surface area contributed by atoms with Crippen LogP contribution in [0.1, 0.15) is 12.0 Å². The van der Waals surface area contributed by atoms with Gasteiger partial charge in [-0.3, -0.25) is 19.3 Å². The number of aromatic hydroxyl groups is 1. The lowest BCUT2D eigenvalue weighted by atomic mass is 10.1. The zero-order chi connectivity index (χ0) is 20.6. The van der Waals surface area contributed by atoms with E-state index in [2.05, 4.69) is 15.5 Å². The first-order chi connectivity index (χ1) is 14.0. The Morgan fingerprint density at radius 3 is 2.45 bits per heavy atom. The molecule has 0 saturated carbocycles. The molecule has 1 aliphatic rings. The normalized spacial score (nSPS) is 13.4. The van der Waals surface area contributed by atoms with Crippen LogP contribution in [0, 0.1) is 0 Å². The van der Waals surface area contributed by atoms with Crippen molar-refractivity contribution in [2.45, 2.75) is 12.8 Å². The number of imide groups is 1. The summed E-state index contributed by atoms with van der Waals surface area (Å²) in [4.78, 5) is 36.0. The third-order valence-electron chi connectivity index (χ3n) is 4.27. The maximum absolute atomic E-state index is 12.0. The summed E-state index contributed by atoms with van der Waals surface area (Å²) >= 11 is 0. The standard InChI is InChI=1S/C21H20N4O4/c26-18-8-6-15(14-17(18)24-23-16-4-2-1-3-5-16)7-9-19(27)22-12-13-25-20(28)10-11-21(25)29/h1-6,8,10-11,14,26H,7,9,12-13H2,(H,22,27). The molecular formula is C21H20N4O4. The summed E-state index contributed by atoms with van der Waals surface area (Å²) in [5.41, 5.74) is 1.82. The molecule has 8 nitrogen and oxygen atoms in total. The predicted octanol–water partition coefficient (Wildman–Crippen LogP) is 2.78. The van der Waals surface area contributed by atoms with Crippen molar-refractivity contribution in [1.29, 1.82) is 0 Å². The summed E-state index contributed by atoms with van der Waals surface area (Å²) in [6.07, 6.45) is 3.09. The van der Waals surface area contributed by atoms with Crippen LogP contribution >= 0.6 is 0 Å². The number of hydrogen-bond donors (Lipinski definition) is 2. The molecule has 0 bridgehead atoms. The molecule has 0 radical (unpaired) electrons. The molecule has 8 heteroatoms. The maximum Gasteiger partial charge on any atom is 0.253 e. The van der Waals surface area contributed by atoms with Gasteiger partial charge in [-0.05, 0) is 36.2 Å². The number of hydrogen-bond acceptors (Lipinski definition) is 6. The number of azo groups is 1. The average Bonchev–Trinajstić information content (AvgIpc) is 3.05. The average molecular weight is 392 g/mol. The maximum atomic E-state index is 12.0. The second kappa shape index (κ2) is 9.41. The molecule has 0 atom stereocenters. The lowest BCUT2D eigenvalue weighted by Crippen LogP contribution is -2.38. The molecular weight excluding hydrogens is 372 g/mol. The molecule has 29 heavy (non-hydrogen) atoms. The lowest BCUT2D eigenvalue weighted by molar-refractivity contribution is -0.137. The van der Waals surface area contributed by atoms with Crippen molar-refractivity contribution in [1.82, 2.24) is 10.2 Å². The Kier molecular flexibility index (Phi) is 6.47. The number of nitrogens with zero attached hydrogens (tertiary/aromatic N) is 3. The van der Waals surface area contributed by atoms with Gasteiger partial charge in [-0.15, -0.1) is 5.11 Å². The number of rotatable bonds is 8. The molecule has 0 unspecified atom stereocenters. The molecule has 0 saturated heterocycles. The SMILES string of the molecule is O=C(CCc1ccc(O)c(N=Nc2ccccc2)c1)NCCN1C(=O)C=CC1=O. The Labute approximate surface area is 167 Å². The zero-order valence-corrected chi connectivity index (χ0v) is 15.6. The molecule has 2 aromatic carbocycles. The number of nitrogens with one attached hydrogen (secondary N) is 1.